The normalized spacial score (nSPS) is 15.1. The molecule has 0 fully saturated rings. The molecular weight excluding hydrogens is 334 g/mol. The molecule has 26 heavy (non-hydrogen) atoms. The molecule has 0 saturated heterocycles. The molecule has 1 unspecified atom stereocenters. The van der Waals surface area contributed by atoms with Crippen molar-refractivity contribution in [3.8, 4) is 11.5 Å². The van der Waals surface area contributed by atoms with E-state index >= 15 is 0 Å². The molecule has 1 amide bonds. The number of rotatable bonds is 3. The molecule has 2 N–H and O–H groups in total. The van der Waals surface area contributed by atoms with E-state index < -0.39 is 0 Å². The summed E-state index contributed by atoms with van der Waals surface area (Å²) in [6.07, 6.45) is 0.450. The van der Waals surface area contributed by atoms with E-state index in [0.29, 0.717) is 6.42 Å². The van der Waals surface area contributed by atoms with Crippen LogP contribution in [0.2, 0.25) is 0 Å². The van der Waals surface area contributed by atoms with E-state index in [9.17, 15) is 4.79 Å². The highest BCUT2D eigenvalue weighted by Crippen LogP contribution is 2.41. The number of hydrogen-bond acceptors (Lipinski definition) is 4. The topological polar surface area (TPSA) is 84.9 Å². The van der Waals surface area contributed by atoms with Crippen LogP contribution in [0.3, 0.4) is 0 Å². The molecule has 6 heteroatoms. The molecule has 0 saturated carbocycles. The number of nitrogens with one attached hydrogen (secondary N) is 1. The van der Waals surface area contributed by atoms with Gasteiger partial charge in [-0.2, -0.15) is 0 Å². The number of anilines is 1. The van der Waals surface area contributed by atoms with Gasteiger partial charge in [-0.1, -0.05) is 12.1 Å². The van der Waals surface area contributed by atoms with Gasteiger partial charge >= 0.3 is 0 Å². The van der Waals surface area contributed by atoms with Gasteiger partial charge in [0, 0.05) is 24.1 Å². The molecule has 1 heterocycles. The second-order valence-electron chi connectivity index (χ2n) is 6.04. The van der Waals surface area contributed by atoms with Gasteiger partial charge in [0.25, 0.3) is 6.47 Å². The van der Waals surface area contributed by atoms with Crippen molar-refractivity contribution >= 4 is 18.1 Å². The minimum Gasteiger partial charge on any atom is -0.497 e. The summed E-state index contributed by atoms with van der Waals surface area (Å²) in [7, 11) is 3.30. The molecule has 0 aliphatic carbocycles. The SMILES string of the molecule is COc1ccc2c(c1)NC(=O)CC2c1cc(C)c(OC)cc1C.O=CO. The first-order valence-electron chi connectivity index (χ1n) is 8.15. The summed E-state index contributed by atoms with van der Waals surface area (Å²) in [5.74, 6) is 1.70. The van der Waals surface area contributed by atoms with E-state index in [0.717, 1.165) is 33.9 Å². The van der Waals surface area contributed by atoms with Crippen LogP contribution in [-0.2, 0) is 9.59 Å². The molecule has 1 aliphatic heterocycles. The van der Waals surface area contributed by atoms with Crippen LogP contribution < -0.4 is 14.8 Å². The largest absolute Gasteiger partial charge is 0.497 e. The lowest BCUT2D eigenvalue weighted by atomic mass is 9.82. The number of carbonyl (C=O) groups excluding carboxylic acids is 1. The van der Waals surface area contributed by atoms with Gasteiger partial charge in [0.2, 0.25) is 5.91 Å². The van der Waals surface area contributed by atoms with Gasteiger partial charge in [-0.25, -0.2) is 0 Å². The summed E-state index contributed by atoms with van der Waals surface area (Å²) in [4.78, 5) is 20.5. The molecule has 0 spiro atoms. The number of carbonyl (C=O) groups is 2. The lowest BCUT2D eigenvalue weighted by Gasteiger charge is -2.28. The van der Waals surface area contributed by atoms with E-state index in [-0.39, 0.29) is 18.3 Å². The average molecular weight is 357 g/mol. The third kappa shape index (κ3) is 3.96. The van der Waals surface area contributed by atoms with Gasteiger partial charge in [0.05, 0.1) is 14.2 Å². The smallest absolute Gasteiger partial charge is 0.290 e. The van der Waals surface area contributed by atoms with Crippen molar-refractivity contribution < 1.29 is 24.2 Å². The summed E-state index contributed by atoms with van der Waals surface area (Å²) in [5.41, 5.74) is 5.34. The quantitative estimate of drug-likeness (QED) is 0.822. The first kappa shape index (κ1) is 19.3. The molecule has 2 aromatic carbocycles. The van der Waals surface area contributed by atoms with Crippen molar-refractivity contribution in [1.29, 1.82) is 0 Å². The Kier molecular flexibility index (Phi) is 6.22. The molecule has 0 aromatic heterocycles. The maximum atomic E-state index is 12.2. The average Bonchev–Trinajstić information content (AvgIpc) is 2.62. The predicted octanol–water partition coefficient (Wildman–Crippen LogP) is 3.50. The van der Waals surface area contributed by atoms with Crippen molar-refractivity contribution in [2.45, 2.75) is 26.2 Å². The standard InChI is InChI=1S/C19H21NO3.CH2O2/c1-11-8-18(23-4)12(2)7-15(11)16-10-19(21)20-17-9-13(22-3)5-6-14(16)17;2-1-3/h5-9,16H,10H2,1-4H3,(H,20,21);1H,(H,2,3). The number of methoxy groups -OCH3 is 2. The number of carboxylic acid groups (broad SMARTS) is 1. The fraction of sp³-hybridized carbons (Fsp3) is 0.300. The second-order valence-corrected chi connectivity index (χ2v) is 6.04. The summed E-state index contributed by atoms with van der Waals surface area (Å²) >= 11 is 0. The van der Waals surface area contributed by atoms with Gasteiger partial charge in [-0.15, -0.1) is 0 Å². The molecule has 2 aromatic rings. The van der Waals surface area contributed by atoms with Crippen molar-refractivity contribution in [3.05, 3.63) is 52.6 Å². The number of hydrogen-bond donors (Lipinski definition) is 2. The van der Waals surface area contributed by atoms with Crippen molar-refractivity contribution in [2.24, 2.45) is 0 Å². The maximum absolute atomic E-state index is 12.2. The summed E-state index contributed by atoms with van der Waals surface area (Å²) < 4.78 is 10.7. The highest BCUT2D eigenvalue weighted by Gasteiger charge is 2.28. The van der Waals surface area contributed by atoms with Crippen LogP contribution in [-0.4, -0.2) is 31.7 Å². The zero-order valence-corrected chi connectivity index (χ0v) is 15.3. The van der Waals surface area contributed by atoms with Crippen LogP contribution in [0, 0.1) is 13.8 Å². The Hall–Kier alpha value is -3.02. The lowest BCUT2D eigenvalue weighted by molar-refractivity contribution is -0.123. The summed E-state index contributed by atoms with van der Waals surface area (Å²) in [6, 6.07) is 10.0. The summed E-state index contributed by atoms with van der Waals surface area (Å²) in [5, 5.41) is 9.84. The van der Waals surface area contributed by atoms with E-state index in [1.54, 1.807) is 14.2 Å². The monoisotopic (exact) mass is 357 g/mol. The van der Waals surface area contributed by atoms with Gasteiger partial charge in [0.1, 0.15) is 11.5 Å². The van der Waals surface area contributed by atoms with Crippen LogP contribution in [0.25, 0.3) is 0 Å². The zero-order chi connectivity index (χ0) is 19.3. The van der Waals surface area contributed by atoms with Gasteiger partial charge in [-0.05, 0) is 48.2 Å². The Bertz CT molecular complexity index is 816. The molecule has 0 bridgehead atoms. The van der Waals surface area contributed by atoms with Crippen LogP contribution in [0.5, 0.6) is 11.5 Å². The Labute approximate surface area is 152 Å². The van der Waals surface area contributed by atoms with Crippen LogP contribution in [0.4, 0.5) is 5.69 Å². The van der Waals surface area contributed by atoms with Gasteiger partial charge < -0.3 is 19.9 Å². The Morgan fingerprint density at radius 3 is 2.38 bits per heavy atom. The number of amides is 1. The molecule has 3 rings (SSSR count). The molecule has 1 atom stereocenters. The van der Waals surface area contributed by atoms with E-state index in [1.165, 1.54) is 5.56 Å². The van der Waals surface area contributed by atoms with Crippen LogP contribution in [0.1, 0.15) is 34.6 Å². The Balaban J connectivity index is 0.000000758. The fourth-order valence-electron chi connectivity index (χ4n) is 3.26. The molecule has 1 aliphatic rings. The number of benzene rings is 2. The second kappa shape index (κ2) is 8.38. The first-order valence-corrected chi connectivity index (χ1v) is 8.15. The highest BCUT2D eigenvalue weighted by molar-refractivity contribution is 5.95. The molecule has 0 radical (unpaired) electrons. The fourth-order valence-corrected chi connectivity index (χ4v) is 3.26. The van der Waals surface area contributed by atoms with E-state index in [1.807, 2.05) is 31.2 Å². The molecule has 6 nitrogen and oxygen atoms in total. The molecular formula is C20H23NO5. The third-order valence-electron chi connectivity index (χ3n) is 4.46. The highest BCUT2D eigenvalue weighted by atomic mass is 16.5. The van der Waals surface area contributed by atoms with E-state index in [2.05, 4.69) is 18.3 Å². The lowest BCUT2D eigenvalue weighted by Crippen LogP contribution is -2.24. The predicted molar refractivity (Wildman–Crippen MR) is 99.2 cm³/mol. The van der Waals surface area contributed by atoms with E-state index in [4.69, 9.17) is 19.4 Å². The van der Waals surface area contributed by atoms with Crippen molar-refractivity contribution in [3.63, 3.8) is 0 Å². The minimum atomic E-state index is -0.250. The van der Waals surface area contributed by atoms with Crippen molar-refractivity contribution in [2.75, 3.05) is 19.5 Å². The first-order chi connectivity index (χ1) is 12.4. The van der Waals surface area contributed by atoms with Crippen molar-refractivity contribution in [1.82, 2.24) is 0 Å². The number of aryl methyl sites for hydroxylation is 2. The van der Waals surface area contributed by atoms with Gasteiger partial charge in [0.15, 0.2) is 0 Å². The van der Waals surface area contributed by atoms with Gasteiger partial charge in [-0.3, -0.25) is 9.59 Å². The zero-order valence-electron chi connectivity index (χ0n) is 15.3. The maximum Gasteiger partial charge on any atom is 0.290 e. The Morgan fingerprint density at radius 2 is 1.77 bits per heavy atom. The third-order valence-corrected chi connectivity index (χ3v) is 4.46. The number of ether oxygens (including phenoxy) is 2. The molecule has 138 valence electrons. The Morgan fingerprint density at radius 1 is 1.08 bits per heavy atom. The minimum absolute atomic E-state index is 0.0311. The van der Waals surface area contributed by atoms with Crippen LogP contribution in [0.15, 0.2) is 30.3 Å². The number of fused-ring (bicyclic) bond motifs is 1. The van der Waals surface area contributed by atoms with Crippen LogP contribution >= 0.6 is 0 Å². The summed E-state index contributed by atoms with van der Waals surface area (Å²) in [6.45, 7) is 3.84.